The highest BCUT2D eigenvalue weighted by Crippen LogP contribution is 2.31. The van der Waals surface area contributed by atoms with E-state index in [4.69, 9.17) is 9.47 Å². The number of benzene rings is 1. The van der Waals surface area contributed by atoms with Crippen LogP contribution in [0.3, 0.4) is 0 Å². The van der Waals surface area contributed by atoms with E-state index >= 15 is 0 Å². The third-order valence-corrected chi connectivity index (χ3v) is 5.05. The third-order valence-electron chi connectivity index (χ3n) is 4.19. The van der Waals surface area contributed by atoms with Crippen molar-refractivity contribution in [3.8, 4) is 22.2 Å². The van der Waals surface area contributed by atoms with E-state index < -0.39 is 0 Å². The van der Waals surface area contributed by atoms with Crippen molar-refractivity contribution in [2.75, 3.05) is 19.8 Å². The van der Waals surface area contributed by atoms with Gasteiger partial charge in [-0.2, -0.15) is 4.80 Å². The molecule has 0 unspecified atom stereocenters. The van der Waals surface area contributed by atoms with Crippen LogP contribution < -0.4 is 9.47 Å². The molecule has 0 spiro atoms. The molecule has 27 heavy (non-hydrogen) atoms. The van der Waals surface area contributed by atoms with Crippen molar-refractivity contribution >= 4 is 17.2 Å². The van der Waals surface area contributed by atoms with Crippen LogP contribution in [-0.4, -0.2) is 50.8 Å². The standard InChI is InChI=1S/C18H19N5O3S/c1-2-22(11-13-5-6-14-15(10-13)26-8-7-25-14)17(24)12-23-20-18(19-21-23)16-4-3-9-27-16/h3-6,9-10H,2,7-8,11-12H2,1H3. The molecule has 9 heteroatoms. The number of tetrazole rings is 1. The van der Waals surface area contributed by atoms with E-state index in [0.717, 1.165) is 21.9 Å². The Hall–Kier alpha value is -2.94. The number of fused-ring (bicyclic) bond motifs is 1. The lowest BCUT2D eigenvalue weighted by atomic mass is 10.1. The second-order valence-electron chi connectivity index (χ2n) is 6.01. The molecule has 0 radical (unpaired) electrons. The lowest BCUT2D eigenvalue weighted by Crippen LogP contribution is -2.33. The fourth-order valence-electron chi connectivity index (χ4n) is 2.82. The smallest absolute Gasteiger partial charge is 0.246 e. The average molecular weight is 385 g/mol. The van der Waals surface area contributed by atoms with Crippen LogP contribution in [0.15, 0.2) is 35.7 Å². The maximum Gasteiger partial charge on any atom is 0.246 e. The summed E-state index contributed by atoms with van der Waals surface area (Å²) < 4.78 is 11.2. The van der Waals surface area contributed by atoms with Crippen LogP contribution in [0.1, 0.15) is 12.5 Å². The van der Waals surface area contributed by atoms with Gasteiger partial charge in [0.25, 0.3) is 0 Å². The number of carbonyl (C=O) groups is 1. The van der Waals surface area contributed by atoms with Crippen LogP contribution in [0, 0.1) is 0 Å². The minimum atomic E-state index is -0.0671. The Kier molecular flexibility index (Phi) is 5.01. The van der Waals surface area contributed by atoms with E-state index in [0.29, 0.717) is 32.1 Å². The van der Waals surface area contributed by atoms with Crippen LogP contribution in [0.4, 0.5) is 0 Å². The second-order valence-corrected chi connectivity index (χ2v) is 6.95. The molecule has 4 rings (SSSR count). The number of thiophene rings is 1. The molecule has 0 bridgehead atoms. The van der Waals surface area contributed by atoms with Gasteiger partial charge in [0.05, 0.1) is 4.88 Å². The molecule has 0 saturated heterocycles. The van der Waals surface area contributed by atoms with Gasteiger partial charge in [0.15, 0.2) is 11.5 Å². The number of rotatable bonds is 6. The Balaban J connectivity index is 1.42. The van der Waals surface area contributed by atoms with E-state index in [1.54, 1.807) is 4.90 Å². The Bertz CT molecular complexity index is 925. The van der Waals surface area contributed by atoms with Gasteiger partial charge in [-0.15, -0.1) is 21.5 Å². The number of nitrogens with zero attached hydrogens (tertiary/aromatic N) is 5. The fraction of sp³-hybridized carbons (Fsp3) is 0.333. The lowest BCUT2D eigenvalue weighted by Gasteiger charge is -2.23. The lowest BCUT2D eigenvalue weighted by molar-refractivity contribution is -0.132. The molecule has 1 aliphatic rings. The van der Waals surface area contributed by atoms with E-state index in [2.05, 4.69) is 15.4 Å². The molecule has 1 aliphatic heterocycles. The van der Waals surface area contributed by atoms with Crippen molar-refractivity contribution < 1.29 is 14.3 Å². The van der Waals surface area contributed by atoms with Crippen molar-refractivity contribution in [1.29, 1.82) is 0 Å². The quantitative estimate of drug-likeness (QED) is 0.647. The van der Waals surface area contributed by atoms with Gasteiger partial charge >= 0.3 is 0 Å². The number of likely N-dealkylation sites (N-methyl/N-ethyl adjacent to an activating group) is 1. The number of hydrogen-bond acceptors (Lipinski definition) is 7. The molecular weight excluding hydrogens is 366 g/mol. The second kappa shape index (κ2) is 7.75. The summed E-state index contributed by atoms with van der Waals surface area (Å²) in [6.45, 7) is 4.17. The number of hydrogen-bond donors (Lipinski definition) is 0. The van der Waals surface area contributed by atoms with E-state index in [1.165, 1.54) is 16.1 Å². The molecule has 140 valence electrons. The molecule has 1 aromatic carbocycles. The molecule has 8 nitrogen and oxygen atoms in total. The summed E-state index contributed by atoms with van der Waals surface area (Å²) in [5.74, 6) is 1.93. The summed E-state index contributed by atoms with van der Waals surface area (Å²) in [6, 6.07) is 9.61. The minimum absolute atomic E-state index is 0.0523. The largest absolute Gasteiger partial charge is 0.486 e. The maximum absolute atomic E-state index is 12.7. The first-order chi connectivity index (χ1) is 13.2. The summed E-state index contributed by atoms with van der Waals surface area (Å²) >= 11 is 1.54. The highest BCUT2D eigenvalue weighted by Gasteiger charge is 2.17. The fourth-order valence-corrected chi connectivity index (χ4v) is 3.47. The number of amides is 1. The molecule has 1 amide bonds. The highest BCUT2D eigenvalue weighted by molar-refractivity contribution is 7.13. The monoisotopic (exact) mass is 385 g/mol. The van der Waals surface area contributed by atoms with Crippen LogP contribution >= 0.6 is 11.3 Å². The van der Waals surface area contributed by atoms with Crippen molar-refractivity contribution in [2.24, 2.45) is 0 Å². The van der Waals surface area contributed by atoms with Crippen molar-refractivity contribution in [1.82, 2.24) is 25.1 Å². The first-order valence-corrected chi connectivity index (χ1v) is 9.59. The number of aromatic nitrogens is 4. The average Bonchev–Trinajstić information content (AvgIpc) is 3.37. The van der Waals surface area contributed by atoms with Gasteiger partial charge in [0, 0.05) is 13.1 Å². The topological polar surface area (TPSA) is 82.4 Å². The van der Waals surface area contributed by atoms with Crippen molar-refractivity contribution in [3.05, 3.63) is 41.3 Å². The zero-order valence-corrected chi connectivity index (χ0v) is 15.7. The van der Waals surface area contributed by atoms with Gasteiger partial charge in [-0.1, -0.05) is 12.1 Å². The summed E-state index contributed by atoms with van der Waals surface area (Å²) in [5, 5.41) is 14.3. The summed E-state index contributed by atoms with van der Waals surface area (Å²) in [6.07, 6.45) is 0. The van der Waals surface area contributed by atoms with Crippen LogP contribution in [0.25, 0.3) is 10.7 Å². The molecular formula is C18H19N5O3S. The van der Waals surface area contributed by atoms with E-state index in [-0.39, 0.29) is 12.5 Å². The summed E-state index contributed by atoms with van der Waals surface area (Å²) in [4.78, 5) is 16.7. The minimum Gasteiger partial charge on any atom is -0.486 e. The Morgan fingerprint density at radius 1 is 1.26 bits per heavy atom. The van der Waals surface area contributed by atoms with Crippen molar-refractivity contribution in [3.63, 3.8) is 0 Å². The van der Waals surface area contributed by atoms with Gasteiger partial charge in [-0.3, -0.25) is 4.79 Å². The van der Waals surface area contributed by atoms with E-state index in [1.807, 2.05) is 42.6 Å². The number of carbonyl (C=O) groups excluding carboxylic acids is 1. The first kappa shape index (κ1) is 17.5. The molecule has 2 aromatic heterocycles. The summed E-state index contributed by atoms with van der Waals surface area (Å²) in [5.41, 5.74) is 0.986. The van der Waals surface area contributed by atoms with Crippen LogP contribution in [0.5, 0.6) is 11.5 Å². The normalized spacial score (nSPS) is 12.8. The molecule has 0 aliphatic carbocycles. The zero-order valence-electron chi connectivity index (χ0n) is 14.9. The third kappa shape index (κ3) is 3.92. The SMILES string of the molecule is CCN(Cc1ccc2c(c1)OCCO2)C(=O)Cn1nnc(-c2cccs2)n1. The molecule has 0 fully saturated rings. The Morgan fingerprint density at radius 3 is 2.89 bits per heavy atom. The zero-order chi connectivity index (χ0) is 18.6. The van der Waals surface area contributed by atoms with Crippen molar-refractivity contribution in [2.45, 2.75) is 20.0 Å². The molecule has 3 aromatic rings. The van der Waals surface area contributed by atoms with Gasteiger partial charge < -0.3 is 14.4 Å². The van der Waals surface area contributed by atoms with Crippen LogP contribution in [-0.2, 0) is 17.9 Å². The molecule has 0 N–H and O–H groups in total. The van der Waals surface area contributed by atoms with Gasteiger partial charge in [-0.25, -0.2) is 0 Å². The van der Waals surface area contributed by atoms with Gasteiger partial charge in [0.2, 0.25) is 11.7 Å². The maximum atomic E-state index is 12.7. The Labute approximate surface area is 160 Å². The highest BCUT2D eigenvalue weighted by atomic mass is 32.1. The van der Waals surface area contributed by atoms with Gasteiger partial charge in [-0.05, 0) is 41.3 Å². The molecule has 0 saturated carbocycles. The molecule has 3 heterocycles. The first-order valence-electron chi connectivity index (χ1n) is 8.71. The predicted octanol–water partition coefficient (Wildman–Crippen LogP) is 2.22. The van der Waals surface area contributed by atoms with Crippen LogP contribution in [0.2, 0.25) is 0 Å². The van der Waals surface area contributed by atoms with E-state index in [9.17, 15) is 4.79 Å². The summed E-state index contributed by atoms with van der Waals surface area (Å²) in [7, 11) is 0. The Morgan fingerprint density at radius 2 is 2.11 bits per heavy atom. The predicted molar refractivity (Wildman–Crippen MR) is 99.7 cm³/mol. The van der Waals surface area contributed by atoms with Gasteiger partial charge in [0.1, 0.15) is 19.8 Å². The molecule has 0 atom stereocenters. The number of ether oxygens (including phenoxy) is 2.